The second-order valence-electron chi connectivity index (χ2n) is 17.0. The van der Waals surface area contributed by atoms with E-state index in [-0.39, 0.29) is 36.2 Å². The third-order valence-electron chi connectivity index (χ3n) is 10.5. The van der Waals surface area contributed by atoms with Gasteiger partial charge in [-0.05, 0) is 51.4 Å². The van der Waals surface area contributed by atoms with Crippen molar-refractivity contribution in [3.8, 4) is 0 Å². The van der Waals surface area contributed by atoms with E-state index in [1.165, 1.54) is 89.9 Å². The van der Waals surface area contributed by atoms with E-state index >= 15 is 0 Å². The van der Waals surface area contributed by atoms with Gasteiger partial charge in [0.05, 0.1) is 34.4 Å². The number of ether oxygens (including phenoxy) is 3. The predicted molar refractivity (Wildman–Crippen MR) is 243 cm³/mol. The van der Waals surface area contributed by atoms with Crippen LogP contribution in [0.25, 0.3) is 0 Å². The zero-order chi connectivity index (χ0) is 42.8. The van der Waals surface area contributed by atoms with E-state index in [1.807, 2.05) is 21.1 Å². The van der Waals surface area contributed by atoms with E-state index in [4.69, 9.17) is 14.2 Å². The first kappa shape index (κ1) is 55.3. The monoisotopic (exact) mass is 817 g/mol. The lowest BCUT2D eigenvalue weighted by Gasteiger charge is -2.31. The zero-order valence-corrected chi connectivity index (χ0v) is 38.2. The van der Waals surface area contributed by atoms with Crippen molar-refractivity contribution in [3.63, 3.8) is 0 Å². The number of carboxylic acids is 1. The van der Waals surface area contributed by atoms with Crippen LogP contribution in [0.1, 0.15) is 200 Å². The minimum Gasteiger partial charge on any atom is -0.477 e. The van der Waals surface area contributed by atoms with Crippen molar-refractivity contribution < 1.29 is 38.2 Å². The van der Waals surface area contributed by atoms with Gasteiger partial charge < -0.3 is 23.8 Å². The van der Waals surface area contributed by atoms with Crippen LogP contribution in [0.15, 0.2) is 48.6 Å². The Morgan fingerprint density at radius 3 is 1.43 bits per heavy atom. The van der Waals surface area contributed by atoms with Crippen LogP contribution in [-0.4, -0.2) is 80.6 Å². The molecule has 0 heterocycles. The van der Waals surface area contributed by atoms with Gasteiger partial charge >= 0.3 is 17.9 Å². The number of carbonyl (C=O) groups excluding carboxylic acids is 2. The Kier molecular flexibility index (Phi) is 39.1. The third kappa shape index (κ3) is 38.8. The van der Waals surface area contributed by atoms with Crippen LogP contribution >= 0.6 is 0 Å². The summed E-state index contributed by atoms with van der Waals surface area (Å²) >= 11 is 0. The average molecular weight is 817 g/mol. The maximum atomic E-state index is 12.7. The quantitative estimate of drug-likeness (QED) is 0.0283. The van der Waals surface area contributed by atoms with Crippen LogP contribution in [0.3, 0.4) is 0 Å². The summed E-state index contributed by atoms with van der Waals surface area (Å²) in [5.41, 5.74) is 0. The lowest BCUT2D eigenvalue weighted by Crippen LogP contribution is -2.50. The fourth-order valence-electron chi connectivity index (χ4n) is 6.85. The number of rotatable bonds is 42. The lowest BCUT2D eigenvalue weighted by molar-refractivity contribution is -0.887. The Morgan fingerprint density at radius 2 is 0.966 bits per heavy atom. The van der Waals surface area contributed by atoms with Gasteiger partial charge in [-0.3, -0.25) is 9.59 Å². The molecule has 0 spiro atoms. The molecule has 1 N–H and O–H groups in total. The largest absolute Gasteiger partial charge is 0.477 e. The van der Waals surface area contributed by atoms with Crippen LogP contribution in [-0.2, 0) is 28.6 Å². The van der Waals surface area contributed by atoms with Crippen molar-refractivity contribution in [3.05, 3.63) is 48.6 Å². The molecule has 0 aromatic rings. The molecule has 0 amide bonds. The number of aliphatic carboxylic acids is 1. The van der Waals surface area contributed by atoms with Gasteiger partial charge in [0.25, 0.3) is 0 Å². The van der Waals surface area contributed by atoms with Gasteiger partial charge in [-0.25, -0.2) is 4.79 Å². The lowest BCUT2D eigenvalue weighted by atomic mass is 10.0. The van der Waals surface area contributed by atoms with E-state index in [9.17, 15) is 19.5 Å². The molecule has 0 aliphatic rings. The average Bonchev–Trinajstić information content (AvgIpc) is 3.18. The summed E-state index contributed by atoms with van der Waals surface area (Å²) in [6.45, 7) is 4.62. The first-order valence-electron chi connectivity index (χ1n) is 23.7. The molecule has 0 bridgehead atoms. The van der Waals surface area contributed by atoms with Gasteiger partial charge in [-0.1, -0.05) is 178 Å². The van der Waals surface area contributed by atoms with Gasteiger partial charge in [-0.2, -0.15) is 0 Å². The molecule has 0 saturated heterocycles. The number of allylic oxidation sites excluding steroid dienone is 8. The molecular weight excluding hydrogens is 727 g/mol. The minimum absolute atomic E-state index is 0.0571. The normalized spacial score (nSPS) is 13.3. The SMILES string of the molecule is CC/C=C/C/C=C/C/C=C/C/C=C/CCCCCCCCC(=O)OCC(COCCC(C(=O)O)[N+](C)(C)C)OC(=O)CCCCCCCCCCCCCCCCC. The molecule has 0 radical (unpaired) electrons. The van der Waals surface area contributed by atoms with E-state index in [2.05, 4.69) is 62.5 Å². The summed E-state index contributed by atoms with van der Waals surface area (Å²) in [5.74, 6) is -1.48. The summed E-state index contributed by atoms with van der Waals surface area (Å²) in [5, 5.41) is 9.63. The number of esters is 2. The Hall–Kier alpha value is -2.71. The summed E-state index contributed by atoms with van der Waals surface area (Å²) in [6.07, 6.45) is 48.6. The summed E-state index contributed by atoms with van der Waals surface area (Å²) in [7, 11) is 5.53. The van der Waals surface area contributed by atoms with Gasteiger partial charge in [0.15, 0.2) is 12.1 Å². The van der Waals surface area contributed by atoms with E-state index in [0.717, 1.165) is 77.0 Å². The highest BCUT2D eigenvalue weighted by atomic mass is 16.6. The first-order valence-corrected chi connectivity index (χ1v) is 23.7. The van der Waals surface area contributed by atoms with Gasteiger partial charge in [0, 0.05) is 19.3 Å². The molecular formula is C50H90NO7+. The van der Waals surface area contributed by atoms with Crippen molar-refractivity contribution >= 4 is 17.9 Å². The molecule has 0 aromatic carbocycles. The zero-order valence-electron chi connectivity index (χ0n) is 38.2. The standard InChI is InChI=1S/C50H89NO7/c1-6-8-10-12-14-16-18-20-22-23-24-25-27-28-30-32-34-36-38-40-48(52)57-45-46(44-56-43-42-47(50(54)55)51(3,4)5)58-49(53)41-39-37-35-33-31-29-26-21-19-17-15-13-11-9-7-2/h8,10,14,16,20,22,24-25,46-47H,6-7,9,11-13,15,17-19,21,23,26-45H2,1-5H3/p+1/b10-8+,16-14+,22-20+,25-24+. The minimum atomic E-state index is -0.877. The fourth-order valence-corrected chi connectivity index (χ4v) is 6.85. The predicted octanol–water partition coefficient (Wildman–Crippen LogP) is 13.2. The van der Waals surface area contributed by atoms with Crippen LogP contribution < -0.4 is 0 Å². The topological polar surface area (TPSA) is 99.1 Å². The van der Waals surface area contributed by atoms with Crippen LogP contribution in [0.5, 0.6) is 0 Å². The Labute approximate surface area is 356 Å². The molecule has 0 saturated carbocycles. The molecule has 336 valence electrons. The molecule has 0 aliphatic carbocycles. The Bertz CT molecular complexity index is 1090. The number of hydrogen-bond acceptors (Lipinski definition) is 6. The van der Waals surface area contributed by atoms with E-state index in [1.54, 1.807) is 0 Å². The first-order chi connectivity index (χ1) is 28.1. The molecule has 2 unspecified atom stereocenters. The van der Waals surface area contributed by atoms with Crippen molar-refractivity contribution in [2.24, 2.45) is 0 Å². The number of likely N-dealkylation sites (N-methyl/N-ethyl adjacent to an activating group) is 1. The molecule has 8 heteroatoms. The highest BCUT2D eigenvalue weighted by Crippen LogP contribution is 2.15. The Balaban J connectivity index is 4.31. The highest BCUT2D eigenvalue weighted by Gasteiger charge is 2.31. The molecule has 58 heavy (non-hydrogen) atoms. The molecule has 0 aromatic heterocycles. The van der Waals surface area contributed by atoms with E-state index < -0.39 is 18.1 Å². The maximum Gasteiger partial charge on any atom is 0.362 e. The van der Waals surface area contributed by atoms with Crippen molar-refractivity contribution in [1.82, 2.24) is 0 Å². The number of unbranched alkanes of at least 4 members (excludes halogenated alkanes) is 20. The van der Waals surface area contributed by atoms with Gasteiger partial charge in [-0.15, -0.1) is 0 Å². The van der Waals surface area contributed by atoms with Crippen molar-refractivity contribution in [2.75, 3.05) is 41.0 Å². The molecule has 0 rings (SSSR count). The van der Waals surface area contributed by atoms with Crippen molar-refractivity contribution in [2.45, 2.75) is 212 Å². The summed E-state index contributed by atoms with van der Waals surface area (Å²) in [6, 6.07) is -0.616. The molecule has 0 fully saturated rings. The number of nitrogens with zero attached hydrogens (tertiary/aromatic N) is 1. The number of quaternary nitrogens is 1. The summed E-state index contributed by atoms with van der Waals surface area (Å²) in [4.78, 5) is 37.1. The summed E-state index contributed by atoms with van der Waals surface area (Å²) < 4.78 is 17.3. The van der Waals surface area contributed by atoms with Crippen LogP contribution in [0.2, 0.25) is 0 Å². The molecule has 2 atom stereocenters. The second-order valence-corrected chi connectivity index (χ2v) is 17.0. The van der Waals surface area contributed by atoms with Crippen LogP contribution in [0, 0.1) is 0 Å². The maximum absolute atomic E-state index is 12.7. The highest BCUT2D eigenvalue weighted by molar-refractivity contribution is 5.72. The molecule has 0 aliphatic heterocycles. The van der Waals surface area contributed by atoms with Crippen molar-refractivity contribution in [1.29, 1.82) is 0 Å². The number of hydrogen-bond donors (Lipinski definition) is 1. The smallest absolute Gasteiger partial charge is 0.362 e. The van der Waals surface area contributed by atoms with E-state index in [0.29, 0.717) is 19.3 Å². The molecule has 8 nitrogen and oxygen atoms in total. The van der Waals surface area contributed by atoms with Crippen LogP contribution in [0.4, 0.5) is 0 Å². The number of carboxylic acid groups (broad SMARTS) is 1. The van der Waals surface area contributed by atoms with Gasteiger partial charge in [0.2, 0.25) is 0 Å². The second kappa shape index (κ2) is 41.0. The number of carbonyl (C=O) groups is 3. The van der Waals surface area contributed by atoms with Gasteiger partial charge in [0.1, 0.15) is 6.61 Å². The fraction of sp³-hybridized carbons (Fsp3) is 0.780. The Morgan fingerprint density at radius 1 is 0.534 bits per heavy atom. The third-order valence-corrected chi connectivity index (χ3v) is 10.5.